The van der Waals surface area contributed by atoms with Crippen LogP contribution < -0.4 is 9.47 Å². The Hall–Kier alpha value is -2.35. The van der Waals surface area contributed by atoms with Gasteiger partial charge in [-0.15, -0.1) is 0 Å². The van der Waals surface area contributed by atoms with E-state index in [1.165, 1.54) is 5.41 Å². The lowest BCUT2D eigenvalue weighted by atomic mass is 10.1. The predicted octanol–water partition coefficient (Wildman–Crippen LogP) is 2.02. The normalized spacial score (nSPS) is 23.3. The molecule has 7 nitrogen and oxygen atoms in total. The molecule has 8 heteroatoms. The van der Waals surface area contributed by atoms with E-state index in [0.29, 0.717) is 31.3 Å². The number of fused-ring (bicyclic) bond motifs is 1. The van der Waals surface area contributed by atoms with Crippen LogP contribution in [0.2, 0.25) is 0 Å². The van der Waals surface area contributed by atoms with Crippen LogP contribution in [0.3, 0.4) is 0 Å². The Kier molecular flexibility index (Phi) is 3.56. The zero-order valence-electron chi connectivity index (χ0n) is 14.2. The van der Waals surface area contributed by atoms with Crippen LogP contribution in [-0.2, 0) is 16.3 Å². The number of benzene rings is 1. The summed E-state index contributed by atoms with van der Waals surface area (Å²) in [6.07, 6.45) is 4.53. The number of allylic oxidation sites excluding steroid dienone is 1. The van der Waals surface area contributed by atoms with Gasteiger partial charge in [-0.2, -0.15) is 5.10 Å². The van der Waals surface area contributed by atoms with Gasteiger partial charge in [0, 0.05) is 23.8 Å². The number of hydrogen-bond acceptors (Lipinski definition) is 6. The Morgan fingerprint density at radius 3 is 2.69 bits per heavy atom. The Bertz CT molecular complexity index is 992. The van der Waals surface area contributed by atoms with Gasteiger partial charge < -0.3 is 9.47 Å². The third-order valence-electron chi connectivity index (χ3n) is 4.85. The summed E-state index contributed by atoms with van der Waals surface area (Å²) in [6.45, 7) is 1.08. The van der Waals surface area contributed by atoms with Gasteiger partial charge >= 0.3 is 0 Å². The molecular formula is C18H19N3O4S. The van der Waals surface area contributed by atoms with Gasteiger partial charge in [-0.25, -0.2) is 18.1 Å². The first-order valence-corrected chi connectivity index (χ1v) is 10.6. The van der Waals surface area contributed by atoms with Crippen molar-refractivity contribution in [3.63, 3.8) is 0 Å². The molecule has 1 aliphatic carbocycles. The molecule has 1 aromatic heterocycles. The highest BCUT2D eigenvalue weighted by molar-refractivity contribution is 7.94. The minimum atomic E-state index is -3.08. The number of nitrogens with zero attached hydrogens (tertiary/aromatic N) is 3. The van der Waals surface area contributed by atoms with E-state index >= 15 is 0 Å². The van der Waals surface area contributed by atoms with Crippen molar-refractivity contribution in [3.05, 3.63) is 41.3 Å². The molecule has 1 atom stereocenters. The zero-order chi connectivity index (χ0) is 17.7. The minimum Gasteiger partial charge on any atom is -0.486 e. The molecule has 1 aromatic carbocycles. The van der Waals surface area contributed by atoms with Gasteiger partial charge in [-0.05, 0) is 30.9 Å². The molecule has 1 fully saturated rings. The fourth-order valence-electron chi connectivity index (χ4n) is 3.38. The lowest BCUT2D eigenvalue weighted by molar-refractivity contribution is 0.171. The number of sulfone groups is 1. The van der Waals surface area contributed by atoms with Crippen molar-refractivity contribution in [1.29, 1.82) is 0 Å². The van der Waals surface area contributed by atoms with Gasteiger partial charge in [0.2, 0.25) is 0 Å². The van der Waals surface area contributed by atoms with Gasteiger partial charge in [-0.1, -0.05) is 6.08 Å². The Morgan fingerprint density at radius 1 is 1.15 bits per heavy atom. The first-order valence-electron chi connectivity index (χ1n) is 8.84. The van der Waals surface area contributed by atoms with Crippen molar-refractivity contribution in [2.45, 2.75) is 25.2 Å². The molecule has 26 heavy (non-hydrogen) atoms. The van der Waals surface area contributed by atoms with Gasteiger partial charge in [0.1, 0.15) is 19.0 Å². The molecule has 1 saturated carbocycles. The Labute approximate surface area is 151 Å². The van der Waals surface area contributed by atoms with Gasteiger partial charge in [0.25, 0.3) is 0 Å². The largest absolute Gasteiger partial charge is 0.486 e. The summed E-state index contributed by atoms with van der Waals surface area (Å²) in [5.41, 5.74) is 0.855. The van der Waals surface area contributed by atoms with E-state index < -0.39 is 9.84 Å². The molecule has 0 bridgehead atoms. The van der Waals surface area contributed by atoms with Crippen LogP contribution in [-0.4, -0.2) is 42.1 Å². The monoisotopic (exact) mass is 373 g/mol. The second kappa shape index (κ2) is 5.84. The fourth-order valence-corrected chi connectivity index (χ4v) is 4.78. The summed E-state index contributed by atoms with van der Waals surface area (Å²) in [7, 11) is -3.08. The van der Waals surface area contributed by atoms with E-state index in [-0.39, 0.29) is 11.7 Å². The fraction of sp³-hybridized carbons (Fsp3) is 0.444. The highest BCUT2D eigenvalue weighted by atomic mass is 32.2. The van der Waals surface area contributed by atoms with Crippen molar-refractivity contribution in [3.8, 4) is 17.2 Å². The predicted molar refractivity (Wildman–Crippen MR) is 94.4 cm³/mol. The third kappa shape index (κ3) is 2.98. The number of aromatic nitrogens is 3. The van der Waals surface area contributed by atoms with Crippen molar-refractivity contribution in [1.82, 2.24) is 14.8 Å². The van der Waals surface area contributed by atoms with Crippen LogP contribution in [0.5, 0.6) is 11.5 Å². The molecular weight excluding hydrogens is 354 g/mol. The van der Waals surface area contributed by atoms with Crippen LogP contribution in [0.25, 0.3) is 5.69 Å². The van der Waals surface area contributed by atoms with E-state index in [2.05, 4.69) is 0 Å². The topological polar surface area (TPSA) is 83.3 Å². The molecule has 3 aliphatic rings. The summed E-state index contributed by atoms with van der Waals surface area (Å²) in [5.74, 6) is 3.57. The van der Waals surface area contributed by atoms with Crippen molar-refractivity contribution < 1.29 is 17.9 Å². The van der Waals surface area contributed by atoms with Crippen LogP contribution in [0.4, 0.5) is 0 Å². The molecule has 5 rings (SSSR count). The van der Waals surface area contributed by atoms with Crippen LogP contribution in [0, 0.1) is 5.92 Å². The van der Waals surface area contributed by atoms with E-state index in [1.54, 1.807) is 6.08 Å². The average molecular weight is 373 g/mol. The quantitative estimate of drug-likeness (QED) is 0.815. The molecule has 0 radical (unpaired) electrons. The first kappa shape index (κ1) is 15.9. The molecule has 0 amide bonds. The summed E-state index contributed by atoms with van der Waals surface area (Å²) in [5, 5.41) is 6.02. The molecule has 1 unspecified atom stereocenters. The molecule has 3 heterocycles. The molecule has 2 aromatic rings. The van der Waals surface area contributed by atoms with Crippen molar-refractivity contribution in [2.75, 3.05) is 19.0 Å². The van der Waals surface area contributed by atoms with E-state index in [0.717, 1.165) is 35.9 Å². The maximum absolute atomic E-state index is 11.7. The maximum Gasteiger partial charge on any atom is 0.171 e. The average Bonchev–Trinajstić information content (AvgIpc) is 3.31. The summed E-state index contributed by atoms with van der Waals surface area (Å²) in [6, 6.07) is 5.72. The third-order valence-corrected chi connectivity index (χ3v) is 6.32. The van der Waals surface area contributed by atoms with E-state index in [4.69, 9.17) is 19.6 Å². The smallest absolute Gasteiger partial charge is 0.171 e. The van der Waals surface area contributed by atoms with Crippen molar-refractivity contribution in [2.24, 2.45) is 5.92 Å². The Balaban J connectivity index is 1.50. The molecule has 136 valence electrons. The van der Waals surface area contributed by atoms with Gasteiger partial charge in [-0.3, -0.25) is 0 Å². The second-order valence-corrected chi connectivity index (χ2v) is 8.95. The van der Waals surface area contributed by atoms with Crippen molar-refractivity contribution >= 4 is 9.84 Å². The standard InChI is InChI=1S/C18H19N3O4S/c22-26(23)8-5-12(11-26)9-17-19-18(13-1-2-13)20-21(17)14-3-4-15-16(10-14)25-7-6-24-15/h3-5,8,10,12-13H,1-2,6-7,9,11H2. The number of ether oxygens (including phenoxy) is 2. The molecule has 2 aliphatic heterocycles. The molecule has 0 saturated heterocycles. The molecule has 0 N–H and O–H groups in total. The number of hydrogen-bond donors (Lipinski definition) is 0. The lowest BCUT2D eigenvalue weighted by Gasteiger charge is -2.19. The van der Waals surface area contributed by atoms with Crippen LogP contribution in [0.15, 0.2) is 29.7 Å². The zero-order valence-corrected chi connectivity index (χ0v) is 15.0. The highest BCUT2D eigenvalue weighted by Crippen LogP contribution is 2.39. The molecule has 0 spiro atoms. The van der Waals surface area contributed by atoms with E-state index in [1.807, 2.05) is 22.9 Å². The Morgan fingerprint density at radius 2 is 1.96 bits per heavy atom. The number of rotatable bonds is 4. The minimum absolute atomic E-state index is 0.0628. The highest BCUT2D eigenvalue weighted by Gasteiger charge is 2.31. The SMILES string of the molecule is O=S1(=O)C=CC(Cc2nc(C3CC3)nn2-c2ccc3c(c2)OCCO3)C1. The summed E-state index contributed by atoms with van der Waals surface area (Å²) >= 11 is 0. The lowest BCUT2D eigenvalue weighted by Crippen LogP contribution is -2.16. The van der Waals surface area contributed by atoms with Gasteiger partial charge in [0.05, 0.1) is 11.4 Å². The summed E-state index contributed by atoms with van der Waals surface area (Å²) in [4.78, 5) is 4.72. The maximum atomic E-state index is 11.7. The van der Waals surface area contributed by atoms with Crippen LogP contribution >= 0.6 is 0 Å². The summed E-state index contributed by atoms with van der Waals surface area (Å²) < 4.78 is 36.5. The van der Waals surface area contributed by atoms with Gasteiger partial charge in [0.15, 0.2) is 27.2 Å². The first-order chi connectivity index (χ1) is 12.6. The van der Waals surface area contributed by atoms with E-state index in [9.17, 15) is 8.42 Å². The van der Waals surface area contributed by atoms with Crippen LogP contribution in [0.1, 0.15) is 30.4 Å². The second-order valence-electron chi connectivity index (χ2n) is 7.02.